The van der Waals surface area contributed by atoms with Crippen LogP contribution in [0.15, 0.2) is 24.4 Å². The Hall–Kier alpha value is -2.04. The molecule has 0 fully saturated rings. The molecule has 1 aliphatic carbocycles. The normalized spacial score (nSPS) is 18.5. The van der Waals surface area contributed by atoms with Crippen LogP contribution in [0, 0.1) is 17.6 Å². The Bertz CT molecular complexity index is 663. The van der Waals surface area contributed by atoms with Crippen molar-refractivity contribution in [1.82, 2.24) is 9.78 Å². The average molecular weight is 262 g/mol. The topological polar surface area (TPSA) is 34.9 Å². The van der Waals surface area contributed by atoms with Gasteiger partial charge in [0.2, 0.25) is 0 Å². The van der Waals surface area contributed by atoms with Crippen LogP contribution in [0.1, 0.15) is 29.4 Å². The minimum atomic E-state index is -0.684. The van der Waals surface area contributed by atoms with Crippen LogP contribution >= 0.6 is 0 Å². The summed E-state index contributed by atoms with van der Waals surface area (Å²) in [5.41, 5.74) is 1.42. The van der Waals surface area contributed by atoms with Crippen LogP contribution in [0.4, 0.5) is 8.78 Å². The number of carbonyl (C=O) groups excluding carboxylic acids is 1. The highest BCUT2D eigenvalue weighted by molar-refractivity contribution is 5.98. The lowest BCUT2D eigenvalue weighted by molar-refractivity contribution is 0.0952. The van der Waals surface area contributed by atoms with Gasteiger partial charge in [0, 0.05) is 12.5 Å². The van der Waals surface area contributed by atoms with E-state index < -0.39 is 11.6 Å². The number of Topliss-reactive ketones (excluding diaryl/α,β-unsaturated/α-hetero) is 1. The molecule has 3 nitrogen and oxygen atoms in total. The molecule has 1 aromatic heterocycles. The van der Waals surface area contributed by atoms with Gasteiger partial charge < -0.3 is 0 Å². The third kappa shape index (κ3) is 1.95. The summed E-state index contributed by atoms with van der Waals surface area (Å²) < 4.78 is 28.1. The molecule has 1 heterocycles. The molecule has 3 rings (SSSR count). The van der Waals surface area contributed by atoms with Crippen molar-refractivity contribution >= 4 is 5.78 Å². The second kappa shape index (κ2) is 4.26. The van der Waals surface area contributed by atoms with E-state index in [1.165, 1.54) is 23.0 Å². The second-order valence-corrected chi connectivity index (χ2v) is 4.95. The first kappa shape index (κ1) is 12.0. The molecule has 0 saturated carbocycles. The molecule has 1 unspecified atom stereocenters. The smallest absolute Gasteiger partial charge is 0.166 e. The summed E-state index contributed by atoms with van der Waals surface area (Å²) in [4.78, 5) is 11.9. The van der Waals surface area contributed by atoms with Crippen LogP contribution in [-0.2, 0) is 6.42 Å². The average Bonchev–Trinajstić information content (AvgIpc) is 2.73. The van der Waals surface area contributed by atoms with Gasteiger partial charge in [-0.05, 0) is 24.5 Å². The van der Waals surface area contributed by atoms with Crippen LogP contribution < -0.4 is 0 Å². The van der Waals surface area contributed by atoms with Crippen molar-refractivity contribution in [3.8, 4) is 5.69 Å². The molecule has 0 radical (unpaired) electrons. The van der Waals surface area contributed by atoms with Crippen molar-refractivity contribution in [2.75, 3.05) is 0 Å². The number of benzene rings is 1. The molecule has 5 heteroatoms. The zero-order valence-corrected chi connectivity index (χ0v) is 10.4. The van der Waals surface area contributed by atoms with Gasteiger partial charge in [-0.2, -0.15) is 5.10 Å². The predicted octanol–water partition coefficient (Wildman–Crippen LogP) is 2.92. The largest absolute Gasteiger partial charge is 0.294 e. The van der Waals surface area contributed by atoms with E-state index in [1.54, 1.807) is 0 Å². The van der Waals surface area contributed by atoms with Crippen LogP contribution in [0.25, 0.3) is 5.69 Å². The number of hydrogen-bond acceptors (Lipinski definition) is 2. The molecule has 0 saturated heterocycles. The number of hydrogen-bond donors (Lipinski definition) is 0. The van der Waals surface area contributed by atoms with Gasteiger partial charge in [0.25, 0.3) is 0 Å². The van der Waals surface area contributed by atoms with E-state index in [-0.39, 0.29) is 17.4 Å². The minimum absolute atomic E-state index is 0.0301. The fourth-order valence-corrected chi connectivity index (χ4v) is 2.49. The highest BCUT2D eigenvalue weighted by Gasteiger charge is 2.27. The standard InChI is InChI=1S/C14H12F2N2O/c1-8-4-13-10(14(19)5-8)7-17-18(13)12-3-2-9(15)6-11(12)16/h2-3,6-8H,4-5H2,1H3. The van der Waals surface area contributed by atoms with Crippen LogP contribution in [-0.4, -0.2) is 15.6 Å². The first-order chi connectivity index (χ1) is 9.06. The van der Waals surface area contributed by atoms with Crippen molar-refractivity contribution < 1.29 is 13.6 Å². The van der Waals surface area contributed by atoms with Crippen molar-refractivity contribution in [1.29, 1.82) is 0 Å². The fraction of sp³-hybridized carbons (Fsp3) is 0.286. The Kier molecular flexibility index (Phi) is 2.69. The van der Waals surface area contributed by atoms with Gasteiger partial charge in [0.15, 0.2) is 11.6 Å². The molecule has 1 atom stereocenters. The number of carbonyl (C=O) groups is 1. The number of fused-ring (bicyclic) bond motifs is 1. The van der Waals surface area contributed by atoms with Crippen molar-refractivity contribution in [2.24, 2.45) is 5.92 Å². The maximum absolute atomic E-state index is 13.8. The van der Waals surface area contributed by atoms with Crippen LogP contribution in [0.5, 0.6) is 0 Å². The van der Waals surface area contributed by atoms with Crippen molar-refractivity contribution in [3.63, 3.8) is 0 Å². The van der Waals surface area contributed by atoms with Crippen molar-refractivity contribution in [3.05, 3.63) is 47.3 Å². The molecule has 1 aliphatic rings. The van der Waals surface area contributed by atoms with E-state index in [1.807, 2.05) is 6.92 Å². The Labute approximate surface area is 108 Å². The quantitative estimate of drug-likeness (QED) is 0.792. The molecule has 98 valence electrons. The van der Waals surface area contributed by atoms with Gasteiger partial charge in [-0.3, -0.25) is 4.79 Å². The minimum Gasteiger partial charge on any atom is -0.294 e. The predicted molar refractivity (Wildman–Crippen MR) is 65.3 cm³/mol. The monoisotopic (exact) mass is 262 g/mol. The molecule has 0 bridgehead atoms. The number of nitrogens with zero attached hydrogens (tertiary/aromatic N) is 2. The Balaban J connectivity index is 2.14. The van der Waals surface area contributed by atoms with Gasteiger partial charge in [0.1, 0.15) is 11.5 Å². The number of ketones is 1. The van der Waals surface area contributed by atoms with E-state index in [9.17, 15) is 13.6 Å². The highest BCUT2D eigenvalue weighted by Crippen LogP contribution is 2.27. The van der Waals surface area contributed by atoms with Crippen LogP contribution in [0.2, 0.25) is 0 Å². The summed E-state index contributed by atoms with van der Waals surface area (Å²) in [7, 11) is 0. The molecule has 1 aromatic carbocycles. The maximum atomic E-state index is 13.8. The van der Waals surface area contributed by atoms with E-state index in [0.29, 0.717) is 24.1 Å². The van der Waals surface area contributed by atoms with Gasteiger partial charge >= 0.3 is 0 Å². The summed E-state index contributed by atoms with van der Waals surface area (Å²) in [5, 5.41) is 4.08. The lowest BCUT2D eigenvalue weighted by Gasteiger charge is -2.19. The summed E-state index contributed by atoms with van der Waals surface area (Å²) in [5.74, 6) is -1.08. The first-order valence-electron chi connectivity index (χ1n) is 6.12. The molecule has 0 aliphatic heterocycles. The van der Waals surface area contributed by atoms with E-state index >= 15 is 0 Å². The maximum Gasteiger partial charge on any atom is 0.166 e. The van der Waals surface area contributed by atoms with Gasteiger partial charge in [-0.1, -0.05) is 6.92 Å². The second-order valence-electron chi connectivity index (χ2n) is 4.95. The molecule has 19 heavy (non-hydrogen) atoms. The first-order valence-corrected chi connectivity index (χ1v) is 6.12. The van der Waals surface area contributed by atoms with Gasteiger partial charge in [0.05, 0.1) is 17.5 Å². The summed E-state index contributed by atoms with van der Waals surface area (Å²) in [6.45, 7) is 1.97. The van der Waals surface area contributed by atoms with E-state index in [2.05, 4.69) is 5.10 Å². The number of aromatic nitrogens is 2. The van der Waals surface area contributed by atoms with Crippen molar-refractivity contribution in [2.45, 2.75) is 19.8 Å². The molecule has 0 spiro atoms. The lowest BCUT2D eigenvalue weighted by Crippen LogP contribution is -2.19. The summed E-state index contributed by atoms with van der Waals surface area (Å²) in [6, 6.07) is 3.33. The third-order valence-electron chi connectivity index (χ3n) is 3.38. The van der Waals surface area contributed by atoms with Gasteiger partial charge in [-0.15, -0.1) is 0 Å². The SMILES string of the molecule is CC1CC(=O)c2cnn(-c3ccc(F)cc3F)c2C1. The zero-order valence-electron chi connectivity index (χ0n) is 10.4. The third-order valence-corrected chi connectivity index (χ3v) is 3.38. The molecular formula is C14H12F2N2O. The molecule has 0 amide bonds. The van der Waals surface area contributed by atoms with Crippen LogP contribution in [0.3, 0.4) is 0 Å². The lowest BCUT2D eigenvalue weighted by atomic mass is 9.88. The van der Waals surface area contributed by atoms with Gasteiger partial charge in [-0.25, -0.2) is 13.5 Å². The molecule has 2 aromatic rings. The molecular weight excluding hydrogens is 250 g/mol. The fourth-order valence-electron chi connectivity index (χ4n) is 2.49. The number of halogens is 2. The zero-order chi connectivity index (χ0) is 13.6. The highest BCUT2D eigenvalue weighted by atomic mass is 19.1. The Morgan fingerprint density at radius 1 is 1.32 bits per heavy atom. The Morgan fingerprint density at radius 2 is 2.11 bits per heavy atom. The van der Waals surface area contributed by atoms with E-state index in [0.717, 1.165) is 6.07 Å². The molecule has 0 N–H and O–H groups in total. The summed E-state index contributed by atoms with van der Waals surface area (Å²) in [6.07, 6.45) is 2.62. The van der Waals surface area contributed by atoms with E-state index in [4.69, 9.17) is 0 Å². The summed E-state index contributed by atoms with van der Waals surface area (Å²) >= 11 is 0. The number of rotatable bonds is 1. The Morgan fingerprint density at radius 3 is 2.84 bits per heavy atom.